The number of benzene rings is 1. The van der Waals surface area contributed by atoms with Crippen molar-refractivity contribution in [1.29, 1.82) is 5.41 Å². The number of hydrogen-bond donors (Lipinski definition) is 2. The molecular formula is C14H17N3S. The van der Waals surface area contributed by atoms with Gasteiger partial charge in [-0.3, -0.25) is 5.41 Å². The molecule has 0 fully saturated rings. The van der Waals surface area contributed by atoms with E-state index >= 15 is 0 Å². The molecule has 0 bridgehead atoms. The normalized spacial score (nSPS) is 10.3. The lowest BCUT2D eigenvalue weighted by Crippen LogP contribution is -2.20. The molecule has 0 aliphatic heterocycles. The molecule has 1 heterocycles. The molecule has 4 heteroatoms. The van der Waals surface area contributed by atoms with Crippen LogP contribution in [0.2, 0.25) is 0 Å². The molecule has 0 unspecified atom stereocenters. The summed E-state index contributed by atoms with van der Waals surface area (Å²) in [5, 5.41) is 9.46. The summed E-state index contributed by atoms with van der Waals surface area (Å²) in [6.07, 6.45) is 1.06. The highest BCUT2D eigenvalue weighted by Crippen LogP contribution is 2.15. The van der Waals surface area contributed by atoms with Gasteiger partial charge in [-0.25, -0.2) is 0 Å². The molecule has 0 aliphatic carbocycles. The van der Waals surface area contributed by atoms with E-state index < -0.39 is 0 Å². The SMILES string of the molecule is CN(CCc1cccs1)c1ccc(C(=N)N)cc1. The van der Waals surface area contributed by atoms with Crippen molar-refractivity contribution in [2.24, 2.45) is 5.73 Å². The molecule has 1 aromatic carbocycles. The van der Waals surface area contributed by atoms with Gasteiger partial charge < -0.3 is 10.6 Å². The van der Waals surface area contributed by atoms with Crippen LogP contribution in [0.4, 0.5) is 5.69 Å². The lowest BCUT2D eigenvalue weighted by atomic mass is 10.2. The van der Waals surface area contributed by atoms with E-state index in [0.29, 0.717) is 0 Å². The zero-order valence-electron chi connectivity index (χ0n) is 10.4. The average molecular weight is 259 g/mol. The minimum Gasteiger partial charge on any atom is -0.384 e. The van der Waals surface area contributed by atoms with Crippen LogP contribution < -0.4 is 10.6 Å². The summed E-state index contributed by atoms with van der Waals surface area (Å²) in [6, 6.07) is 12.0. The maximum atomic E-state index is 7.35. The largest absolute Gasteiger partial charge is 0.384 e. The van der Waals surface area contributed by atoms with Crippen molar-refractivity contribution in [2.45, 2.75) is 6.42 Å². The molecule has 18 heavy (non-hydrogen) atoms. The molecule has 2 aromatic rings. The highest BCUT2D eigenvalue weighted by molar-refractivity contribution is 7.09. The molecule has 0 saturated heterocycles. The van der Waals surface area contributed by atoms with E-state index in [-0.39, 0.29) is 5.84 Å². The minimum absolute atomic E-state index is 0.114. The van der Waals surface area contributed by atoms with Gasteiger partial charge in [0.2, 0.25) is 0 Å². The van der Waals surface area contributed by atoms with E-state index in [1.807, 2.05) is 24.3 Å². The second kappa shape index (κ2) is 5.69. The number of nitrogen functional groups attached to an aromatic ring is 1. The Kier molecular flexibility index (Phi) is 3.99. The van der Waals surface area contributed by atoms with Crippen molar-refractivity contribution in [2.75, 3.05) is 18.5 Å². The number of anilines is 1. The van der Waals surface area contributed by atoms with E-state index in [2.05, 4.69) is 29.5 Å². The highest BCUT2D eigenvalue weighted by atomic mass is 32.1. The Labute approximate surface area is 111 Å². The second-order valence-corrected chi connectivity index (χ2v) is 5.24. The molecule has 2 rings (SSSR count). The lowest BCUT2D eigenvalue weighted by Gasteiger charge is -2.19. The van der Waals surface area contributed by atoms with Crippen molar-refractivity contribution in [1.82, 2.24) is 0 Å². The first-order valence-corrected chi connectivity index (χ1v) is 6.73. The third kappa shape index (κ3) is 3.11. The molecule has 0 saturated carbocycles. The molecule has 0 amide bonds. The van der Waals surface area contributed by atoms with Gasteiger partial charge in [0.1, 0.15) is 5.84 Å². The van der Waals surface area contributed by atoms with E-state index in [9.17, 15) is 0 Å². The first-order chi connectivity index (χ1) is 8.66. The average Bonchev–Trinajstić information content (AvgIpc) is 2.89. The molecule has 3 N–H and O–H groups in total. The van der Waals surface area contributed by atoms with Gasteiger partial charge in [0, 0.05) is 29.7 Å². The monoisotopic (exact) mass is 259 g/mol. The van der Waals surface area contributed by atoms with Crippen molar-refractivity contribution < 1.29 is 0 Å². The molecule has 94 valence electrons. The fourth-order valence-corrected chi connectivity index (χ4v) is 2.46. The van der Waals surface area contributed by atoms with Crippen LogP contribution in [0.25, 0.3) is 0 Å². The Morgan fingerprint density at radius 3 is 2.56 bits per heavy atom. The second-order valence-electron chi connectivity index (χ2n) is 4.21. The maximum absolute atomic E-state index is 7.35. The van der Waals surface area contributed by atoms with Gasteiger partial charge in [-0.1, -0.05) is 6.07 Å². The summed E-state index contributed by atoms with van der Waals surface area (Å²) in [6.45, 7) is 0.986. The number of amidine groups is 1. The van der Waals surface area contributed by atoms with E-state index in [1.54, 1.807) is 11.3 Å². The summed E-state index contributed by atoms with van der Waals surface area (Å²) in [5.41, 5.74) is 7.35. The van der Waals surface area contributed by atoms with E-state index in [1.165, 1.54) is 4.88 Å². The maximum Gasteiger partial charge on any atom is 0.122 e. The van der Waals surface area contributed by atoms with Gasteiger partial charge in [-0.2, -0.15) is 0 Å². The van der Waals surface area contributed by atoms with Crippen LogP contribution in [0.1, 0.15) is 10.4 Å². The molecule has 1 aromatic heterocycles. The van der Waals surface area contributed by atoms with Gasteiger partial charge in [0.05, 0.1) is 0 Å². The molecular weight excluding hydrogens is 242 g/mol. The first kappa shape index (κ1) is 12.6. The third-order valence-corrected chi connectivity index (χ3v) is 3.83. The van der Waals surface area contributed by atoms with Crippen LogP contribution >= 0.6 is 11.3 Å². The predicted octanol–water partition coefficient (Wildman–Crippen LogP) is 2.71. The number of nitrogens with one attached hydrogen (secondary N) is 1. The van der Waals surface area contributed by atoms with Crippen molar-refractivity contribution in [3.63, 3.8) is 0 Å². The minimum atomic E-state index is 0.114. The van der Waals surface area contributed by atoms with Gasteiger partial charge in [0.25, 0.3) is 0 Å². The summed E-state index contributed by atoms with van der Waals surface area (Å²) in [5.74, 6) is 0.114. The molecule has 0 atom stereocenters. The summed E-state index contributed by atoms with van der Waals surface area (Å²) >= 11 is 1.80. The summed E-state index contributed by atoms with van der Waals surface area (Å²) < 4.78 is 0. The van der Waals surface area contributed by atoms with Crippen molar-refractivity contribution >= 4 is 22.9 Å². The fraction of sp³-hybridized carbons (Fsp3) is 0.214. The van der Waals surface area contributed by atoms with Crippen molar-refractivity contribution in [3.05, 3.63) is 52.2 Å². The smallest absolute Gasteiger partial charge is 0.122 e. The highest BCUT2D eigenvalue weighted by Gasteiger charge is 2.03. The van der Waals surface area contributed by atoms with Gasteiger partial charge in [-0.15, -0.1) is 11.3 Å². The van der Waals surface area contributed by atoms with Crippen LogP contribution in [-0.4, -0.2) is 19.4 Å². The Morgan fingerprint density at radius 2 is 2.00 bits per heavy atom. The van der Waals surface area contributed by atoms with Crippen LogP contribution in [-0.2, 0) is 6.42 Å². The topological polar surface area (TPSA) is 53.1 Å². The third-order valence-electron chi connectivity index (χ3n) is 2.89. The van der Waals surface area contributed by atoms with Crippen LogP contribution in [0.3, 0.4) is 0 Å². The quantitative estimate of drug-likeness (QED) is 0.641. The standard InChI is InChI=1S/C14H17N3S/c1-17(9-8-13-3-2-10-18-13)12-6-4-11(5-7-12)14(15)16/h2-7,10H,8-9H2,1H3,(H3,15,16). The van der Waals surface area contributed by atoms with E-state index in [0.717, 1.165) is 24.2 Å². The number of nitrogens with two attached hydrogens (primary N) is 1. The van der Waals surface area contributed by atoms with Crippen LogP contribution in [0.5, 0.6) is 0 Å². The van der Waals surface area contributed by atoms with Crippen molar-refractivity contribution in [3.8, 4) is 0 Å². The predicted molar refractivity (Wildman–Crippen MR) is 78.8 cm³/mol. The zero-order chi connectivity index (χ0) is 13.0. The molecule has 0 spiro atoms. The Morgan fingerprint density at radius 1 is 1.28 bits per heavy atom. The number of hydrogen-bond acceptors (Lipinski definition) is 3. The lowest BCUT2D eigenvalue weighted by molar-refractivity contribution is 0.887. The Hall–Kier alpha value is -1.81. The van der Waals surface area contributed by atoms with Gasteiger partial charge in [0.15, 0.2) is 0 Å². The number of thiophene rings is 1. The van der Waals surface area contributed by atoms with Gasteiger partial charge in [-0.05, 0) is 42.1 Å². The van der Waals surface area contributed by atoms with Gasteiger partial charge >= 0.3 is 0 Å². The Bertz CT molecular complexity index is 502. The number of nitrogens with zero attached hydrogens (tertiary/aromatic N) is 1. The number of rotatable bonds is 5. The molecule has 0 aliphatic rings. The first-order valence-electron chi connectivity index (χ1n) is 5.85. The van der Waals surface area contributed by atoms with Crippen LogP contribution in [0, 0.1) is 5.41 Å². The summed E-state index contributed by atoms with van der Waals surface area (Å²) in [7, 11) is 2.08. The fourth-order valence-electron chi connectivity index (χ4n) is 1.76. The van der Waals surface area contributed by atoms with Crippen LogP contribution in [0.15, 0.2) is 41.8 Å². The molecule has 3 nitrogen and oxygen atoms in total. The Balaban J connectivity index is 1.96. The number of likely N-dealkylation sites (N-methyl/N-ethyl adjacent to an activating group) is 1. The van der Waals surface area contributed by atoms with E-state index in [4.69, 9.17) is 11.1 Å². The molecule has 0 radical (unpaired) electrons. The zero-order valence-corrected chi connectivity index (χ0v) is 11.2. The summed E-state index contributed by atoms with van der Waals surface area (Å²) in [4.78, 5) is 3.62.